The Morgan fingerprint density at radius 1 is 1.29 bits per heavy atom. The number of aliphatic hydroxyl groups is 2. The molecule has 0 aliphatic carbocycles. The quantitative estimate of drug-likeness (QED) is 0.528. The molecule has 17 heavy (non-hydrogen) atoms. The first kappa shape index (κ1) is 13.5. The predicted molar refractivity (Wildman–Crippen MR) is 62.9 cm³/mol. The summed E-state index contributed by atoms with van der Waals surface area (Å²) in [6.45, 7) is -0.432. The molecule has 1 aromatic carbocycles. The zero-order valence-electron chi connectivity index (χ0n) is 8.81. The monoisotopic (exact) mass is 256 g/mol. The van der Waals surface area contributed by atoms with Crippen LogP contribution < -0.4 is 5.73 Å². The Balaban J connectivity index is 2.68. The van der Waals surface area contributed by atoms with Crippen molar-refractivity contribution in [1.82, 2.24) is 4.31 Å². The minimum Gasteiger partial charge on any atom is -0.367 e. The number of carbonyl (C=O) groups excluding carboxylic acids is 2. The highest BCUT2D eigenvalue weighted by molar-refractivity contribution is 8.12. The number of benzene rings is 1. The first-order chi connectivity index (χ1) is 8.00. The van der Waals surface area contributed by atoms with Crippen LogP contribution in [0.3, 0.4) is 0 Å². The molecule has 0 spiro atoms. The number of primary amides is 1. The maximum absolute atomic E-state index is 11.7. The minimum absolute atomic E-state index is 0.398. The minimum atomic E-state index is -1.74. The normalized spacial score (nSPS) is 10.3. The Kier molecular flexibility index (Phi) is 4.95. The van der Waals surface area contributed by atoms with E-state index in [0.717, 1.165) is 4.31 Å². The van der Waals surface area contributed by atoms with Gasteiger partial charge in [0.25, 0.3) is 0 Å². The van der Waals surface area contributed by atoms with Crippen molar-refractivity contribution in [1.29, 1.82) is 0 Å². The van der Waals surface area contributed by atoms with Crippen molar-refractivity contribution in [2.75, 3.05) is 6.54 Å². The molecule has 7 heteroatoms. The molecule has 1 rings (SSSR count). The molecule has 4 N–H and O–H groups in total. The molecule has 2 amide bonds. The molecule has 0 aliphatic rings. The van der Waals surface area contributed by atoms with Gasteiger partial charge >= 0.3 is 6.03 Å². The fourth-order valence-corrected chi connectivity index (χ4v) is 1.79. The van der Waals surface area contributed by atoms with Gasteiger partial charge in [-0.1, -0.05) is 30.3 Å². The van der Waals surface area contributed by atoms with Crippen LogP contribution in [0.2, 0.25) is 0 Å². The summed E-state index contributed by atoms with van der Waals surface area (Å²) in [5, 5.41) is 17.1. The van der Waals surface area contributed by atoms with Gasteiger partial charge in [-0.25, -0.2) is 4.79 Å². The second kappa shape index (κ2) is 6.24. The van der Waals surface area contributed by atoms with Gasteiger partial charge in [-0.05, 0) is 0 Å². The summed E-state index contributed by atoms with van der Waals surface area (Å²) in [5.74, 6) is 0. The third-order valence-corrected chi connectivity index (χ3v) is 2.73. The van der Waals surface area contributed by atoms with E-state index < -0.39 is 24.0 Å². The number of aliphatic hydroxyl groups excluding tert-OH is 1. The lowest BCUT2D eigenvalue weighted by Crippen LogP contribution is -2.36. The molecule has 0 atom stereocenters. The molecular formula is C10H12N2O4S. The number of nitrogens with two attached hydrogens (primary N) is 1. The van der Waals surface area contributed by atoms with Crippen LogP contribution in [0.1, 0.15) is 10.4 Å². The van der Waals surface area contributed by atoms with Gasteiger partial charge in [0.15, 0.2) is 6.29 Å². The van der Waals surface area contributed by atoms with Crippen LogP contribution in [-0.2, 0) is 0 Å². The zero-order valence-corrected chi connectivity index (χ0v) is 9.63. The van der Waals surface area contributed by atoms with Crippen molar-refractivity contribution >= 4 is 23.1 Å². The lowest BCUT2D eigenvalue weighted by atomic mass is 10.2. The van der Waals surface area contributed by atoms with Gasteiger partial charge in [-0.2, -0.15) is 0 Å². The van der Waals surface area contributed by atoms with Gasteiger partial charge in [0.05, 0.1) is 6.54 Å². The first-order valence-electron chi connectivity index (χ1n) is 4.71. The highest BCUT2D eigenvalue weighted by Gasteiger charge is 2.19. The molecule has 0 saturated heterocycles. The van der Waals surface area contributed by atoms with Gasteiger partial charge in [0.1, 0.15) is 0 Å². The molecule has 0 saturated carbocycles. The lowest BCUT2D eigenvalue weighted by Gasteiger charge is -2.18. The molecule has 0 bridgehead atoms. The van der Waals surface area contributed by atoms with E-state index >= 15 is 0 Å². The molecule has 0 radical (unpaired) electrons. The Morgan fingerprint density at radius 2 is 1.88 bits per heavy atom. The third-order valence-electron chi connectivity index (χ3n) is 1.78. The van der Waals surface area contributed by atoms with E-state index in [0.29, 0.717) is 17.5 Å². The zero-order chi connectivity index (χ0) is 12.8. The SMILES string of the molecule is NC(=O)N(CC(O)O)SC(=O)c1ccccc1. The molecule has 0 heterocycles. The van der Waals surface area contributed by atoms with Gasteiger partial charge in [0, 0.05) is 17.5 Å². The van der Waals surface area contributed by atoms with Crippen molar-refractivity contribution in [3.05, 3.63) is 35.9 Å². The van der Waals surface area contributed by atoms with Crippen molar-refractivity contribution in [2.24, 2.45) is 5.73 Å². The number of amides is 2. The van der Waals surface area contributed by atoms with Gasteiger partial charge in [-0.3, -0.25) is 9.10 Å². The van der Waals surface area contributed by atoms with Gasteiger partial charge < -0.3 is 15.9 Å². The summed E-state index contributed by atoms with van der Waals surface area (Å²) >= 11 is 0.534. The summed E-state index contributed by atoms with van der Waals surface area (Å²) in [7, 11) is 0. The Hall–Kier alpha value is -1.57. The molecule has 0 aromatic heterocycles. The summed E-state index contributed by atoms with van der Waals surface area (Å²) in [6.07, 6.45) is -1.74. The molecule has 0 fully saturated rings. The van der Waals surface area contributed by atoms with Crippen LogP contribution in [0, 0.1) is 0 Å². The molecule has 1 aromatic rings. The maximum Gasteiger partial charge on any atom is 0.325 e. The molecular weight excluding hydrogens is 244 g/mol. The number of hydrogen-bond acceptors (Lipinski definition) is 5. The van der Waals surface area contributed by atoms with Crippen LogP contribution in [0.5, 0.6) is 0 Å². The number of hydrogen-bond donors (Lipinski definition) is 3. The Morgan fingerprint density at radius 3 is 2.35 bits per heavy atom. The van der Waals surface area contributed by atoms with Crippen molar-refractivity contribution in [2.45, 2.75) is 6.29 Å². The van der Waals surface area contributed by atoms with E-state index in [1.54, 1.807) is 30.3 Å². The number of urea groups is 1. The summed E-state index contributed by atoms with van der Waals surface area (Å²) in [6, 6.07) is 7.39. The topological polar surface area (TPSA) is 104 Å². The molecule has 0 unspecified atom stereocenters. The van der Waals surface area contributed by atoms with Crippen LogP contribution in [-0.4, -0.2) is 38.5 Å². The average Bonchev–Trinajstić information content (AvgIpc) is 2.28. The van der Waals surface area contributed by atoms with E-state index in [1.807, 2.05) is 0 Å². The average molecular weight is 256 g/mol. The van der Waals surface area contributed by atoms with Crippen LogP contribution in [0.25, 0.3) is 0 Å². The molecule has 92 valence electrons. The van der Waals surface area contributed by atoms with E-state index in [4.69, 9.17) is 15.9 Å². The second-order valence-corrected chi connectivity index (χ2v) is 4.12. The summed E-state index contributed by atoms with van der Waals surface area (Å²) in [4.78, 5) is 22.6. The van der Waals surface area contributed by atoms with E-state index in [9.17, 15) is 9.59 Å². The fourth-order valence-electron chi connectivity index (χ4n) is 1.05. The molecule has 0 aliphatic heterocycles. The van der Waals surface area contributed by atoms with Crippen LogP contribution in [0.4, 0.5) is 4.79 Å². The predicted octanol–water partition coefficient (Wildman–Crippen LogP) is 0.166. The fraction of sp³-hybridized carbons (Fsp3) is 0.200. The first-order valence-corrected chi connectivity index (χ1v) is 5.48. The number of nitrogens with zero attached hydrogens (tertiary/aromatic N) is 1. The standard InChI is InChI=1S/C10H12N2O4S/c11-10(16)12(6-8(13)14)17-9(15)7-4-2-1-3-5-7/h1-5,8,13-14H,6H2,(H2,11,16). The Bertz CT molecular complexity index is 397. The summed E-state index contributed by atoms with van der Waals surface area (Å²) in [5.41, 5.74) is 5.40. The number of carbonyl (C=O) groups is 2. The van der Waals surface area contributed by atoms with Gasteiger partial charge in [-0.15, -0.1) is 0 Å². The van der Waals surface area contributed by atoms with E-state index in [1.165, 1.54) is 0 Å². The van der Waals surface area contributed by atoms with Gasteiger partial charge in [0.2, 0.25) is 5.12 Å². The van der Waals surface area contributed by atoms with Crippen molar-refractivity contribution in [3.63, 3.8) is 0 Å². The highest BCUT2D eigenvalue weighted by Crippen LogP contribution is 2.17. The van der Waals surface area contributed by atoms with E-state index in [2.05, 4.69) is 0 Å². The second-order valence-electron chi connectivity index (χ2n) is 3.12. The maximum atomic E-state index is 11.7. The smallest absolute Gasteiger partial charge is 0.325 e. The van der Waals surface area contributed by atoms with E-state index in [-0.39, 0.29) is 0 Å². The largest absolute Gasteiger partial charge is 0.367 e. The van der Waals surface area contributed by atoms with Crippen molar-refractivity contribution < 1.29 is 19.8 Å². The highest BCUT2D eigenvalue weighted by atomic mass is 32.2. The van der Waals surface area contributed by atoms with Crippen LogP contribution in [0.15, 0.2) is 30.3 Å². The van der Waals surface area contributed by atoms with Crippen molar-refractivity contribution in [3.8, 4) is 0 Å². The molecule has 6 nitrogen and oxygen atoms in total. The van der Waals surface area contributed by atoms with Crippen LogP contribution >= 0.6 is 11.9 Å². The number of rotatable bonds is 3. The lowest BCUT2D eigenvalue weighted by molar-refractivity contribution is -0.0439. The Labute approximate surface area is 102 Å². The summed E-state index contributed by atoms with van der Waals surface area (Å²) < 4.78 is 0.792. The third kappa shape index (κ3) is 4.43.